The maximum absolute atomic E-state index is 8.56. The summed E-state index contributed by atoms with van der Waals surface area (Å²) in [7, 11) is 14.7. The molecule has 0 aliphatic rings. The van der Waals surface area contributed by atoms with Gasteiger partial charge in [0.15, 0.2) is 0 Å². The van der Waals surface area contributed by atoms with Crippen LogP contribution in [-0.2, 0) is 11.2 Å². The van der Waals surface area contributed by atoms with Crippen LogP contribution in [-0.4, -0.2) is 16.4 Å². The Balaban J connectivity index is 0. The van der Waals surface area contributed by atoms with E-state index in [0.717, 1.165) is 0 Å². The zero-order chi connectivity index (χ0) is 7.15. The number of hydrogen-bond acceptors (Lipinski definition) is 1. The van der Waals surface area contributed by atoms with Crippen LogP contribution >= 0.6 is 30.3 Å². The number of halogens is 3. The van der Waals surface area contributed by atoms with Crippen molar-refractivity contribution in [2.45, 2.75) is 0 Å². The third kappa shape index (κ3) is 490. The summed E-state index contributed by atoms with van der Waals surface area (Å²) in [4.78, 5) is 8.56. The van der Waals surface area contributed by atoms with E-state index in [1.807, 2.05) is 0 Å². The summed E-state index contributed by atoms with van der Waals surface area (Å²) < 4.78 is 0. The Morgan fingerprint density at radius 1 is 1.25 bits per heavy atom. The van der Waals surface area contributed by atoms with Crippen LogP contribution in [0.25, 0.3) is 0 Å². The first-order chi connectivity index (χ1) is 3.46. The van der Waals surface area contributed by atoms with Gasteiger partial charge in [-0.3, -0.25) is 0 Å². The molecule has 0 spiro atoms. The van der Waals surface area contributed by atoms with E-state index < -0.39 is 17.3 Å². The molecule has 0 aliphatic heterocycles. The van der Waals surface area contributed by atoms with Gasteiger partial charge < -0.3 is 10.2 Å². The fourth-order valence-corrected chi connectivity index (χ4v) is 0. The van der Waals surface area contributed by atoms with Gasteiger partial charge >= 0.3 is 47.6 Å². The maximum atomic E-state index is 8.56. The van der Waals surface area contributed by atoms with Crippen LogP contribution in [0.3, 0.4) is 0 Å². The molecule has 53 valence electrons. The molecule has 0 aromatic rings. The van der Waals surface area contributed by atoms with Gasteiger partial charge in [-0.05, 0) is 0 Å². The van der Waals surface area contributed by atoms with E-state index in [2.05, 4.69) is 0 Å². The summed E-state index contributed by atoms with van der Waals surface area (Å²) >= 11 is -1.33. The van der Waals surface area contributed by atoms with E-state index in [4.69, 9.17) is 45.3 Å². The molecule has 0 aromatic carbocycles. The normalized spacial score (nSPS) is 8.62. The molecule has 0 saturated heterocycles. The average Bonchev–Trinajstić information content (AvgIpc) is 1.25. The van der Waals surface area contributed by atoms with Gasteiger partial charge in [-0.2, -0.15) is 0 Å². The molecule has 0 unspecified atom stereocenters. The Labute approximate surface area is 62.7 Å². The number of carbonyl (C=O) groups is 1. The van der Waals surface area contributed by atoms with Crippen LogP contribution in [0.15, 0.2) is 0 Å². The van der Waals surface area contributed by atoms with Gasteiger partial charge in [-0.15, -0.1) is 0 Å². The van der Waals surface area contributed by atoms with Crippen molar-refractivity contribution < 1.29 is 26.2 Å². The van der Waals surface area contributed by atoms with E-state index in [1.165, 1.54) is 0 Å². The second-order valence-electron chi connectivity index (χ2n) is 0.434. The Bertz CT molecular complexity index is 58.8. The predicted molar refractivity (Wildman–Crippen MR) is 28.2 cm³/mol. The monoisotopic (exact) mass is 223 g/mol. The van der Waals surface area contributed by atoms with Crippen molar-refractivity contribution in [1.82, 2.24) is 0 Å². The van der Waals surface area contributed by atoms with Crippen LogP contribution in [0.1, 0.15) is 0 Å². The minimum atomic E-state index is -1.83. The molecular weight excluding hydrogens is 222 g/mol. The van der Waals surface area contributed by atoms with Crippen LogP contribution in [0.2, 0.25) is 0 Å². The molecule has 3 nitrogen and oxygen atoms in total. The fourth-order valence-electron chi connectivity index (χ4n) is 0. The molecule has 8 heavy (non-hydrogen) atoms. The molecule has 0 saturated carbocycles. The fraction of sp³-hybridized carbons (Fsp3) is 0. The summed E-state index contributed by atoms with van der Waals surface area (Å²) in [6, 6.07) is 0. The molecule has 0 fully saturated rings. The number of hydrogen-bond donors (Lipinski definition) is 2. The van der Waals surface area contributed by atoms with Crippen molar-refractivity contribution >= 4 is 36.4 Å². The van der Waals surface area contributed by atoms with Crippen LogP contribution in [0, 0.1) is 0 Å². The number of rotatable bonds is 0. The van der Waals surface area contributed by atoms with Crippen molar-refractivity contribution in [3.63, 3.8) is 0 Å². The molecule has 0 rings (SSSR count). The van der Waals surface area contributed by atoms with Crippen LogP contribution < -0.4 is 0 Å². The Kier molecular flexibility index (Phi) is 11.0. The molecule has 7 heteroatoms. The van der Waals surface area contributed by atoms with Gasteiger partial charge in [0.2, 0.25) is 0 Å². The third-order valence-corrected chi connectivity index (χ3v) is 0. The summed E-state index contributed by atoms with van der Waals surface area (Å²) in [5, 5.41) is 13.9. The molecule has 0 heterocycles. The van der Waals surface area contributed by atoms with Crippen molar-refractivity contribution in [2.24, 2.45) is 0 Å². The molecule has 2 N–H and O–H groups in total. The summed E-state index contributed by atoms with van der Waals surface area (Å²) in [6.45, 7) is 0. The molecule has 0 radical (unpaired) electrons. The summed E-state index contributed by atoms with van der Waals surface area (Å²) in [6.07, 6.45) is -1.83. The van der Waals surface area contributed by atoms with Crippen molar-refractivity contribution in [1.29, 1.82) is 0 Å². The van der Waals surface area contributed by atoms with E-state index in [1.54, 1.807) is 0 Å². The molecule has 0 bridgehead atoms. The van der Waals surface area contributed by atoms with Crippen LogP contribution in [0.5, 0.6) is 0 Å². The second kappa shape index (κ2) is 7.66. The SMILES string of the molecule is O=C(O)O.[Cl][Fe]([Cl])[Cl]. The number of carboxylic acid groups (broad SMARTS) is 2. The van der Waals surface area contributed by atoms with Gasteiger partial charge in [0, 0.05) is 0 Å². The van der Waals surface area contributed by atoms with Gasteiger partial charge in [0.1, 0.15) is 0 Å². The average molecular weight is 224 g/mol. The van der Waals surface area contributed by atoms with Crippen molar-refractivity contribution in [2.75, 3.05) is 0 Å². The van der Waals surface area contributed by atoms with E-state index in [-0.39, 0.29) is 0 Å². The quantitative estimate of drug-likeness (QED) is 0.621. The zero-order valence-corrected chi connectivity index (χ0v) is 6.66. The molecule has 0 amide bonds. The standard InChI is InChI=1S/CH2O3.3ClH.Fe/c2-1(3)4;;;;/h(H2,2,3,4);3*1H;/q;;;;+3/p-3. The van der Waals surface area contributed by atoms with Gasteiger partial charge in [-0.1, -0.05) is 0 Å². The Morgan fingerprint density at radius 3 is 1.25 bits per heavy atom. The second-order valence-corrected chi connectivity index (χ2v) is 5.91. The first-order valence-corrected chi connectivity index (χ1v) is 5.61. The van der Waals surface area contributed by atoms with E-state index in [0.29, 0.717) is 0 Å². The third-order valence-electron chi connectivity index (χ3n) is 0. The van der Waals surface area contributed by atoms with Crippen LogP contribution in [0.4, 0.5) is 4.79 Å². The van der Waals surface area contributed by atoms with Gasteiger partial charge in [0.05, 0.1) is 0 Å². The predicted octanol–water partition coefficient (Wildman–Crippen LogP) is 2.29. The van der Waals surface area contributed by atoms with Crippen molar-refractivity contribution in [3.05, 3.63) is 0 Å². The minimum absolute atomic E-state index is 1.33. The zero-order valence-electron chi connectivity index (χ0n) is 3.29. The Morgan fingerprint density at radius 2 is 1.25 bits per heavy atom. The molecule has 0 aliphatic carbocycles. The molecule has 0 atom stereocenters. The van der Waals surface area contributed by atoms with E-state index in [9.17, 15) is 0 Å². The van der Waals surface area contributed by atoms with Gasteiger partial charge in [-0.25, -0.2) is 4.79 Å². The van der Waals surface area contributed by atoms with Gasteiger partial charge in [0.25, 0.3) is 0 Å². The first kappa shape index (κ1) is 11.5. The van der Waals surface area contributed by atoms with E-state index >= 15 is 0 Å². The summed E-state index contributed by atoms with van der Waals surface area (Å²) in [5.41, 5.74) is 0. The van der Waals surface area contributed by atoms with Crippen molar-refractivity contribution in [3.8, 4) is 0 Å². The molecular formula is CH2Cl3FeO3. The first-order valence-electron chi connectivity index (χ1n) is 1.05. The molecule has 0 aromatic heterocycles. The topological polar surface area (TPSA) is 57.5 Å². The summed E-state index contributed by atoms with van der Waals surface area (Å²) in [5.74, 6) is 0. The Hall–Kier alpha value is 0.659.